The van der Waals surface area contributed by atoms with Gasteiger partial charge in [-0.2, -0.15) is 0 Å². The van der Waals surface area contributed by atoms with Crippen molar-refractivity contribution in [3.05, 3.63) is 40.1 Å². The van der Waals surface area contributed by atoms with Gasteiger partial charge in [-0.05, 0) is 32.4 Å². The van der Waals surface area contributed by atoms with E-state index in [2.05, 4.69) is 27.2 Å². The molecule has 0 aliphatic carbocycles. The summed E-state index contributed by atoms with van der Waals surface area (Å²) in [5, 5.41) is 3.82. The molecule has 0 aliphatic heterocycles. The third-order valence-corrected chi connectivity index (χ3v) is 5.62. The number of rotatable bonds is 12. The number of anilines is 1. The molecule has 2 aromatic rings. The molecule has 0 aliphatic rings. The molecule has 0 spiro atoms. The second-order valence-corrected chi connectivity index (χ2v) is 7.91. The molecule has 2 heterocycles. The van der Waals surface area contributed by atoms with Crippen LogP contribution in [0.2, 0.25) is 5.02 Å². The van der Waals surface area contributed by atoms with E-state index in [-0.39, 0.29) is 0 Å². The Hall–Kier alpha value is -1.12. The number of nitrogens with zero attached hydrogens (tertiary/aromatic N) is 3. The Balaban J connectivity index is 1.84. The van der Waals surface area contributed by atoms with Gasteiger partial charge in [0.05, 0.1) is 44.4 Å². The SMILES string of the molecule is Cc1nc(C)c(Cl)c(NCc2nccc(SCCOCCOCCCl)c2C)n1. The van der Waals surface area contributed by atoms with Crippen LogP contribution in [0, 0.1) is 20.8 Å². The normalized spacial score (nSPS) is 11.0. The number of halogens is 2. The molecule has 0 atom stereocenters. The van der Waals surface area contributed by atoms with Crippen molar-refractivity contribution in [1.82, 2.24) is 15.0 Å². The van der Waals surface area contributed by atoms with Crippen molar-refractivity contribution in [3.8, 4) is 0 Å². The molecule has 28 heavy (non-hydrogen) atoms. The van der Waals surface area contributed by atoms with E-state index in [0.717, 1.165) is 22.7 Å². The molecule has 9 heteroatoms. The Morgan fingerprint density at radius 3 is 2.57 bits per heavy atom. The van der Waals surface area contributed by atoms with Gasteiger partial charge in [-0.3, -0.25) is 4.98 Å². The highest BCUT2D eigenvalue weighted by molar-refractivity contribution is 7.99. The number of alkyl halides is 1. The van der Waals surface area contributed by atoms with Gasteiger partial charge in [0.15, 0.2) is 0 Å². The minimum absolute atomic E-state index is 0.511. The van der Waals surface area contributed by atoms with E-state index in [1.165, 1.54) is 4.90 Å². The fourth-order valence-electron chi connectivity index (χ4n) is 2.46. The maximum atomic E-state index is 6.30. The molecule has 0 fully saturated rings. The van der Waals surface area contributed by atoms with Gasteiger partial charge in [0.25, 0.3) is 0 Å². The van der Waals surface area contributed by atoms with Crippen LogP contribution in [0.1, 0.15) is 22.8 Å². The third-order valence-electron chi connectivity index (χ3n) is 3.89. The maximum Gasteiger partial charge on any atom is 0.149 e. The number of nitrogens with one attached hydrogen (secondary N) is 1. The van der Waals surface area contributed by atoms with Crippen LogP contribution in [0.3, 0.4) is 0 Å². The molecule has 0 bridgehead atoms. The molecule has 0 amide bonds. The molecule has 154 valence electrons. The zero-order chi connectivity index (χ0) is 20.4. The Kier molecular flexibility index (Phi) is 10.3. The summed E-state index contributed by atoms with van der Waals surface area (Å²) in [7, 11) is 0. The predicted molar refractivity (Wildman–Crippen MR) is 116 cm³/mol. The number of hydrogen-bond donors (Lipinski definition) is 1. The Labute approximate surface area is 180 Å². The Morgan fingerprint density at radius 1 is 1.07 bits per heavy atom. The largest absolute Gasteiger partial charge is 0.378 e. The number of aromatic nitrogens is 3. The Bertz CT molecular complexity index is 765. The lowest BCUT2D eigenvalue weighted by Gasteiger charge is -2.13. The first-order valence-electron chi connectivity index (χ1n) is 9.06. The fourth-order valence-corrected chi connectivity index (χ4v) is 3.64. The quantitative estimate of drug-likeness (QED) is 0.295. The van der Waals surface area contributed by atoms with Crippen LogP contribution in [0.15, 0.2) is 17.2 Å². The van der Waals surface area contributed by atoms with Crippen LogP contribution in [0.25, 0.3) is 0 Å². The van der Waals surface area contributed by atoms with Crippen molar-refractivity contribution >= 4 is 40.8 Å². The van der Waals surface area contributed by atoms with Crippen LogP contribution in [-0.2, 0) is 16.0 Å². The molecular weight excluding hydrogens is 419 g/mol. The highest BCUT2D eigenvalue weighted by Crippen LogP contribution is 2.26. The van der Waals surface area contributed by atoms with Crippen molar-refractivity contribution in [2.75, 3.05) is 43.4 Å². The van der Waals surface area contributed by atoms with E-state index >= 15 is 0 Å². The summed E-state index contributed by atoms with van der Waals surface area (Å²) in [6.07, 6.45) is 1.82. The number of aryl methyl sites for hydroxylation is 2. The third kappa shape index (κ3) is 7.37. The monoisotopic (exact) mass is 444 g/mol. The minimum atomic E-state index is 0.511. The molecule has 0 aromatic carbocycles. The first-order chi connectivity index (χ1) is 13.5. The summed E-state index contributed by atoms with van der Waals surface area (Å²) in [6.45, 7) is 8.73. The van der Waals surface area contributed by atoms with Crippen molar-refractivity contribution in [2.45, 2.75) is 32.2 Å². The maximum absolute atomic E-state index is 6.30. The minimum Gasteiger partial charge on any atom is -0.378 e. The van der Waals surface area contributed by atoms with E-state index in [9.17, 15) is 0 Å². The van der Waals surface area contributed by atoms with Crippen molar-refractivity contribution in [2.24, 2.45) is 0 Å². The van der Waals surface area contributed by atoms with Gasteiger partial charge in [-0.1, -0.05) is 11.6 Å². The molecule has 6 nitrogen and oxygen atoms in total. The number of ether oxygens (including phenoxy) is 2. The van der Waals surface area contributed by atoms with Crippen LogP contribution in [0.5, 0.6) is 0 Å². The lowest BCUT2D eigenvalue weighted by molar-refractivity contribution is 0.0602. The second-order valence-electron chi connectivity index (χ2n) is 6.02. The summed E-state index contributed by atoms with van der Waals surface area (Å²) in [5.74, 6) is 2.70. The number of pyridine rings is 1. The predicted octanol–water partition coefficient (Wildman–Crippen LogP) is 4.43. The molecule has 0 saturated heterocycles. The molecule has 1 N–H and O–H groups in total. The second kappa shape index (κ2) is 12.4. The van der Waals surface area contributed by atoms with Crippen LogP contribution in [-0.4, -0.2) is 53.0 Å². The van der Waals surface area contributed by atoms with Crippen LogP contribution in [0.4, 0.5) is 5.82 Å². The number of thioether (sulfide) groups is 1. The van der Waals surface area contributed by atoms with Gasteiger partial charge >= 0.3 is 0 Å². The first kappa shape index (κ1) is 23.2. The zero-order valence-electron chi connectivity index (χ0n) is 16.4. The summed E-state index contributed by atoms with van der Waals surface area (Å²) >= 11 is 13.6. The molecule has 0 saturated carbocycles. The number of hydrogen-bond acceptors (Lipinski definition) is 7. The molecule has 0 radical (unpaired) electrons. The molecule has 2 rings (SSSR count). The van der Waals surface area contributed by atoms with Gasteiger partial charge in [0, 0.05) is 22.7 Å². The summed E-state index contributed by atoms with van der Waals surface area (Å²) in [4.78, 5) is 14.3. The average Bonchev–Trinajstić information content (AvgIpc) is 2.67. The van der Waals surface area contributed by atoms with E-state index in [1.54, 1.807) is 11.8 Å². The lowest BCUT2D eigenvalue weighted by Crippen LogP contribution is -2.09. The van der Waals surface area contributed by atoms with E-state index in [1.807, 2.05) is 26.1 Å². The Morgan fingerprint density at radius 2 is 1.82 bits per heavy atom. The van der Waals surface area contributed by atoms with Gasteiger partial charge in [-0.15, -0.1) is 23.4 Å². The molecular formula is C19H26Cl2N4O2S. The van der Waals surface area contributed by atoms with E-state index < -0.39 is 0 Å². The van der Waals surface area contributed by atoms with Gasteiger partial charge in [0.1, 0.15) is 16.7 Å². The van der Waals surface area contributed by atoms with Crippen LogP contribution < -0.4 is 5.32 Å². The lowest BCUT2D eigenvalue weighted by atomic mass is 10.2. The van der Waals surface area contributed by atoms with E-state index in [4.69, 9.17) is 32.7 Å². The fraction of sp³-hybridized carbons (Fsp3) is 0.526. The molecule has 0 unspecified atom stereocenters. The van der Waals surface area contributed by atoms with E-state index in [0.29, 0.717) is 55.5 Å². The van der Waals surface area contributed by atoms with Crippen LogP contribution >= 0.6 is 35.0 Å². The van der Waals surface area contributed by atoms with Crippen molar-refractivity contribution in [3.63, 3.8) is 0 Å². The van der Waals surface area contributed by atoms with Gasteiger partial charge in [-0.25, -0.2) is 9.97 Å². The smallest absolute Gasteiger partial charge is 0.149 e. The summed E-state index contributed by atoms with van der Waals surface area (Å²) in [6, 6.07) is 2.03. The zero-order valence-corrected chi connectivity index (χ0v) is 18.8. The highest BCUT2D eigenvalue weighted by atomic mass is 35.5. The topological polar surface area (TPSA) is 69.2 Å². The van der Waals surface area contributed by atoms with Gasteiger partial charge in [0.2, 0.25) is 0 Å². The standard InChI is InChI=1S/C19H26Cl2N4O2S/c1-13-16(12-23-19-18(21)14(2)24-15(3)25-19)22-6-4-17(13)28-11-10-27-9-8-26-7-5-20/h4,6H,5,7-12H2,1-3H3,(H,23,24,25). The van der Waals surface area contributed by atoms with Crippen molar-refractivity contribution < 1.29 is 9.47 Å². The first-order valence-corrected chi connectivity index (χ1v) is 11.0. The molecule has 2 aromatic heterocycles. The van der Waals surface area contributed by atoms with Gasteiger partial charge < -0.3 is 14.8 Å². The highest BCUT2D eigenvalue weighted by Gasteiger charge is 2.10. The summed E-state index contributed by atoms with van der Waals surface area (Å²) < 4.78 is 10.8. The van der Waals surface area contributed by atoms with Crippen molar-refractivity contribution in [1.29, 1.82) is 0 Å². The average molecular weight is 445 g/mol. The summed E-state index contributed by atoms with van der Waals surface area (Å²) in [5.41, 5.74) is 2.87.